The van der Waals surface area contributed by atoms with Gasteiger partial charge in [-0.25, -0.2) is 4.98 Å². The fourth-order valence-electron chi connectivity index (χ4n) is 1.78. The summed E-state index contributed by atoms with van der Waals surface area (Å²) in [6.45, 7) is 7.48. The number of hydrogen-bond acceptors (Lipinski definition) is 6. The lowest BCUT2D eigenvalue weighted by Gasteiger charge is -2.32. The minimum Gasteiger partial charge on any atom is -0.398 e. The van der Waals surface area contributed by atoms with Crippen molar-refractivity contribution in [2.75, 3.05) is 0 Å². The highest BCUT2D eigenvalue weighted by molar-refractivity contribution is 6.61. The second-order valence-corrected chi connectivity index (χ2v) is 5.59. The Morgan fingerprint density at radius 3 is 2.30 bits per heavy atom. The third-order valence-corrected chi connectivity index (χ3v) is 3.65. The Kier molecular flexibility index (Phi) is 3.28. The molecule has 0 bridgehead atoms. The number of rotatable bonds is 2. The third-order valence-electron chi connectivity index (χ3n) is 3.65. The van der Waals surface area contributed by atoms with Crippen LogP contribution in [0.4, 0.5) is 5.69 Å². The van der Waals surface area contributed by atoms with Crippen LogP contribution in [0.3, 0.4) is 0 Å². The summed E-state index contributed by atoms with van der Waals surface area (Å²) in [7, 11) is -0.827. The van der Waals surface area contributed by atoms with E-state index in [4.69, 9.17) is 14.6 Å². The highest BCUT2D eigenvalue weighted by atomic mass is 16.7. The quantitative estimate of drug-likeness (QED) is 0.456. The predicted molar refractivity (Wildman–Crippen MR) is 71.3 cm³/mol. The van der Waals surface area contributed by atoms with Crippen LogP contribution in [0.25, 0.3) is 0 Å². The number of nitro groups is 1. The average Bonchev–Trinajstić information content (AvgIpc) is 2.58. The Morgan fingerprint density at radius 1 is 1.30 bits per heavy atom. The molecule has 8 heteroatoms. The molecule has 0 saturated carbocycles. The molecule has 0 amide bonds. The molecule has 104 valence electrons. The van der Waals surface area contributed by atoms with E-state index >= 15 is 0 Å². The molecule has 0 N–H and O–H groups in total. The molecule has 20 heavy (non-hydrogen) atoms. The summed E-state index contributed by atoms with van der Waals surface area (Å²) in [6.07, 6.45) is 0. The first-order valence-corrected chi connectivity index (χ1v) is 6.08. The maximum atomic E-state index is 10.9. The smallest absolute Gasteiger partial charge is 0.398 e. The van der Waals surface area contributed by atoms with Crippen molar-refractivity contribution >= 4 is 18.4 Å². The summed E-state index contributed by atoms with van der Waals surface area (Å²) in [5, 5.41) is 19.8. The van der Waals surface area contributed by atoms with Crippen molar-refractivity contribution in [2.24, 2.45) is 0 Å². The van der Waals surface area contributed by atoms with Crippen molar-refractivity contribution in [3.8, 4) is 6.07 Å². The fourth-order valence-corrected chi connectivity index (χ4v) is 1.78. The van der Waals surface area contributed by atoms with Gasteiger partial charge in [0.15, 0.2) is 0 Å². The first-order chi connectivity index (χ1) is 9.16. The lowest BCUT2D eigenvalue weighted by Crippen LogP contribution is -2.41. The Labute approximate surface area is 116 Å². The van der Waals surface area contributed by atoms with Crippen molar-refractivity contribution in [2.45, 2.75) is 38.9 Å². The first-order valence-electron chi connectivity index (χ1n) is 6.08. The number of aromatic nitrogens is 1. The van der Waals surface area contributed by atoms with Gasteiger partial charge in [-0.2, -0.15) is 5.26 Å². The van der Waals surface area contributed by atoms with Gasteiger partial charge in [-0.1, -0.05) is 0 Å². The Morgan fingerprint density at radius 2 is 1.85 bits per heavy atom. The summed E-state index contributed by atoms with van der Waals surface area (Å²) in [5.74, 6) is 0. The number of hydrogen-bond donors (Lipinski definition) is 0. The van der Waals surface area contributed by atoms with Gasteiger partial charge >= 0.3 is 7.12 Å². The van der Waals surface area contributed by atoms with E-state index in [0.29, 0.717) is 0 Å². The molecule has 1 saturated heterocycles. The van der Waals surface area contributed by atoms with Crippen LogP contribution in [-0.2, 0) is 9.31 Å². The highest BCUT2D eigenvalue weighted by Gasteiger charge is 2.52. The average molecular weight is 275 g/mol. The lowest BCUT2D eigenvalue weighted by molar-refractivity contribution is -0.384. The third kappa shape index (κ3) is 2.38. The molecule has 0 aromatic carbocycles. The van der Waals surface area contributed by atoms with E-state index in [2.05, 4.69) is 4.98 Å². The number of nitrogens with zero attached hydrogens (tertiary/aromatic N) is 3. The number of nitriles is 1. The highest BCUT2D eigenvalue weighted by Crippen LogP contribution is 2.36. The normalized spacial score (nSPS) is 19.6. The van der Waals surface area contributed by atoms with E-state index < -0.39 is 23.2 Å². The minimum absolute atomic E-state index is 0.0380. The van der Waals surface area contributed by atoms with Gasteiger partial charge < -0.3 is 9.31 Å². The Hall–Kier alpha value is -1.98. The summed E-state index contributed by atoms with van der Waals surface area (Å²) >= 11 is 0. The molecule has 2 rings (SSSR count). The molecular formula is C12H14BN3O4. The molecular weight excluding hydrogens is 261 g/mol. The molecule has 0 unspecified atom stereocenters. The van der Waals surface area contributed by atoms with Crippen LogP contribution in [0, 0.1) is 21.4 Å². The lowest BCUT2D eigenvalue weighted by atomic mass is 9.84. The van der Waals surface area contributed by atoms with Crippen molar-refractivity contribution in [1.29, 1.82) is 5.26 Å². The van der Waals surface area contributed by atoms with Gasteiger partial charge in [0.05, 0.1) is 27.8 Å². The molecule has 2 heterocycles. The fraction of sp³-hybridized carbons (Fsp3) is 0.500. The summed E-state index contributed by atoms with van der Waals surface area (Å²) in [4.78, 5) is 14.3. The largest absolute Gasteiger partial charge is 0.514 e. The topological polar surface area (TPSA) is 98.3 Å². The molecule has 1 aromatic heterocycles. The van der Waals surface area contributed by atoms with Crippen LogP contribution in [-0.4, -0.2) is 28.2 Å². The van der Waals surface area contributed by atoms with E-state index in [1.54, 1.807) is 6.07 Å². The van der Waals surface area contributed by atoms with Crippen molar-refractivity contribution < 1.29 is 14.2 Å². The molecule has 7 nitrogen and oxygen atoms in total. The summed E-state index contributed by atoms with van der Waals surface area (Å²) in [5.41, 5.74) is -1.16. The maximum Gasteiger partial charge on any atom is 0.514 e. The predicted octanol–water partition coefficient (Wildman–Crippen LogP) is 1.16. The molecule has 0 aliphatic carbocycles. The Bertz CT molecular complexity index is 593. The van der Waals surface area contributed by atoms with Crippen molar-refractivity contribution in [3.05, 3.63) is 27.9 Å². The van der Waals surface area contributed by atoms with E-state index in [9.17, 15) is 10.1 Å². The SMILES string of the molecule is CC1(C)OB(c2cc([N+](=O)[O-])cc(C#N)n2)OC1(C)C. The standard InChI is InChI=1S/C12H14BN3O4/c1-11(2)12(3,4)20-13(19-11)10-6-9(16(17)18)5-8(7-14)15-10/h5-6H,1-4H3. The molecule has 0 spiro atoms. The van der Waals surface area contributed by atoms with Gasteiger partial charge in [0.2, 0.25) is 0 Å². The Balaban J connectivity index is 2.43. The molecule has 0 atom stereocenters. The maximum absolute atomic E-state index is 10.9. The van der Waals surface area contributed by atoms with Crippen LogP contribution in [0.15, 0.2) is 12.1 Å². The van der Waals surface area contributed by atoms with Gasteiger partial charge in [0.25, 0.3) is 5.69 Å². The van der Waals surface area contributed by atoms with E-state index in [-0.39, 0.29) is 17.0 Å². The van der Waals surface area contributed by atoms with Crippen LogP contribution < -0.4 is 5.59 Å². The summed E-state index contributed by atoms with van der Waals surface area (Å²) < 4.78 is 11.5. The van der Waals surface area contributed by atoms with Crippen LogP contribution in [0.5, 0.6) is 0 Å². The van der Waals surface area contributed by atoms with Gasteiger partial charge in [-0.05, 0) is 27.7 Å². The zero-order valence-corrected chi connectivity index (χ0v) is 11.7. The number of pyridine rings is 1. The van der Waals surface area contributed by atoms with Crippen LogP contribution in [0.1, 0.15) is 33.4 Å². The molecule has 1 aromatic rings. The second kappa shape index (κ2) is 4.54. The molecule has 0 radical (unpaired) electrons. The van der Waals surface area contributed by atoms with Crippen LogP contribution >= 0.6 is 0 Å². The van der Waals surface area contributed by atoms with Gasteiger partial charge in [-0.3, -0.25) is 10.1 Å². The zero-order valence-electron chi connectivity index (χ0n) is 11.7. The second-order valence-electron chi connectivity index (χ2n) is 5.59. The van der Waals surface area contributed by atoms with Crippen LogP contribution in [0.2, 0.25) is 0 Å². The minimum atomic E-state index is -0.827. The van der Waals surface area contributed by atoms with Crippen molar-refractivity contribution in [1.82, 2.24) is 4.98 Å². The van der Waals surface area contributed by atoms with Gasteiger partial charge in [0.1, 0.15) is 11.8 Å². The van der Waals surface area contributed by atoms with Gasteiger partial charge in [0, 0.05) is 6.07 Å². The van der Waals surface area contributed by atoms with E-state index in [1.807, 2.05) is 27.7 Å². The zero-order chi connectivity index (χ0) is 15.1. The molecule has 1 fully saturated rings. The van der Waals surface area contributed by atoms with Gasteiger partial charge in [-0.15, -0.1) is 0 Å². The molecule has 1 aliphatic rings. The molecule has 1 aliphatic heterocycles. The summed E-state index contributed by atoms with van der Waals surface area (Å²) in [6, 6.07) is 4.19. The first kappa shape index (κ1) is 14.4. The van der Waals surface area contributed by atoms with E-state index in [1.165, 1.54) is 6.07 Å². The van der Waals surface area contributed by atoms with E-state index in [0.717, 1.165) is 6.07 Å². The monoisotopic (exact) mass is 275 g/mol. The van der Waals surface area contributed by atoms with Crippen molar-refractivity contribution in [3.63, 3.8) is 0 Å².